The van der Waals surface area contributed by atoms with Gasteiger partial charge in [0.2, 0.25) is 15.9 Å². The molecule has 176 valence electrons. The molecule has 3 aromatic rings. The smallest absolute Gasteiger partial charge is 0.246 e. The molecule has 1 atom stereocenters. The van der Waals surface area contributed by atoms with E-state index in [1.54, 1.807) is 12.1 Å². The minimum absolute atomic E-state index is 0.00501. The molecule has 2 N–H and O–H groups in total. The maximum absolute atomic E-state index is 13.1. The van der Waals surface area contributed by atoms with Crippen LogP contribution in [0.2, 0.25) is 0 Å². The summed E-state index contributed by atoms with van der Waals surface area (Å²) in [6.45, 7) is 5.15. The van der Waals surface area contributed by atoms with E-state index >= 15 is 0 Å². The van der Waals surface area contributed by atoms with E-state index in [1.165, 1.54) is 22.1 Å². The Morgan fingerprint density at radius 3 is 2.73 bits per heavy atom. The van der Waals surface area contributed by atoms with Gasteiger partial charge in [-0.05, 0) is 57.0 Å². The summed E-state index contributed by atoms with van der Waals surface area (Å²) in [5, 5.41) is 2.81. The molecule has 0 aliphatic carbocycles. The number of hydrogen-bond donors (Lipinski definition) is 2. The number of carbonyl (C=O) groups excluding carboxylic acids is 1. The van der Waals surface area contributed by atoms with Crippen LogP contribution in [0.3, 0.4) is 0 Å². The van der Waals surface area contributed by atoms with E-state index in [0.29, 0.717) is 31.1 Å². The number of fused-ring (bicyclic) bond motifs is 1. The number of benzene rings is 2. The van der Waals surface area contributed by atoms with Gasteiger partial charge in [-0.25, -0.2) is 13.4 Å². The van der Waals surface area contributed by atoms with Crippen molar-refractivity contribution in [2.24, 2.45) is 0 Å². The Labute approximate surface area is 198 Å². The molecule has 0 radical (unpaired) electrons. The summed E-state index contributed by atoms with van der Waals surface area (Å²) in [5.41, 5.74) is 2.29. The lowest BCUT2D eigenvalue weighted by atomic mass is 10.3. The second-order valence-corrected chi connectivity index (χ2v) is 11.1. The van der Waals surface area contributed by atoms with Crippen molar-refractivity contribution in [2.45, 2.75) is 36.8 Å². The van der Waals surface area contributed by atoms with E-state index in [0.717, 1.165) is 29.7 Å². The molecule has 1 saturated heterocycles. The molecule has 0 bridgehead atoms. The van der Waals surface area contributed by atoms with Crippen LogP contribution in [0.5, 0.6) is 5.75 Å². The molecule has 0 spiro atoms. The zero-order valence-electron chi connectivity index (χ0n) is 18.7. The first-order valence-corrected chi connectivity index (χ1v) is 13.5. The van der Waals surface area contributed by atoms with Gasteiger partial charge in [0.05, 0.1) is 28.6 Å². The molecule has 1 unspecified atom stereocenters. The van der Waals surface area contributed by atoms with Crippen LogP contribution < -0.4 is 10.1 Å². The van der Waals surface area contributed by atoms with Crippen LogP contribution in [0.25, 0.3) is 11.0 Å². The fraction of sp³-hybridized carbons (Fsp3) is 0.391. The largest absolute Gasteiger partial charge is 0.492 e. The van der Waals surface area contributed by atoms with Crippen molar-refractivity contribution in [1.82, 2.24) is 14.3 Å². The lowest BCUT2D eigenvalue weighted by Gasteiger charge is -2.19. The molecule has 8 nitrogen and oxygen atoms in total. The number of H-pyrrole nitrogens is 1. The number of para-hydroxylation sites is 2. The number of hydrogen-bond acceptors (Lipinski definition) is 6. The van der Waals surface area contributed by atoms with E-state index in [2.05, 4.69) is 15.3 Å². The highest BCUT2D eigenvalue weighted by molar-refractivity contribution is 8.00. The van der Waals surface area contributed by atoms with Crippen LogP contribution in [0.15, 0.2) is 47.4 Å². The number of nitrogens with zero attached hydrogens (tertiary/aromatic N) is 2. The minimum atomic E-state index is -3.69. The van der Waals surface area contributed by atoms with Crippen molar-refractivity contribution in [2.75, 3.05) is 30.8 Å². The predicted octanol–water partition coefficient (Wildman–Crippen LogP) is 4.18. The highest BCUT2D eigenvalue weighted by atomic mass is 32.2. The Hall–Kier alpha value is -2.56. The Balaban J connectivity index is 1.43. The molecule has 1 aromatic heterocycles. The molecule has 1 amide bonds. The van der Waals surface area contributed by atoms with E-state index in [1.807, 2.05) is 38.1 Å². The Morgan fingerprint density at radius 2 is 2.00 bits per heavy atom. The third-order valence-corrected chi connectivity index (χ3v) is 8.54. The molecule has 4 rings (SSSR count). The maximum atomic E-state index is 13.1. The van der Waals surface area contributed by atoms with Gasteiger partial charge < -0.3 is 15.0 Å². The van der Waals surface area contributed by atoms with Gasteiger partial charge in [0.15, 0.2) is 0 Å². The zero-order valence-corrected chi connectivity index (χ0v) is 20.3. The molecule has 1 aliphatic heterocycles. The van der Waals surface area contributed by atoms with Crippen molar-refractivity contribution in [1.29, 1.82) is 0 Å². The fourth-order valence-corrected chi connectivity index (χ4v) is 6.19. The number of anilines is 1. The molecular weight excluding hydrogens is 460 g/mol. The average Bonchev–Trinajstić information content (AvgIpc) is 3.49. The number of rotatable bonds is 9. The first-order valence-electron chi connectivity index (χ1n) is 11.0. The van der Waals surface area contributed by atoms with Crippen LogP contribution in [-0.4, -0.2) is 54.0 Å². The Bertz CT molecular complexity index is 1200. The summed E-state index contributed by atoms with van der Waals surface area (Å²) in [6.07, 6.45) is 1.69. The first kappa shape index (κ1) is 23.6. The van der Waals surface area contributed by atoms with Crippen molar-refractivity contribution in [3.05, 3.63) is 48.3 Å². The van der Waals surface area contributed by atoms with Crippen molar-refractivity contribution < 1.29 is 17.9 Å². The molecule has 1 fully saturated rings. The fourth-order valence-electron chi connectivity index (χ4n) is 3.77. The molecule has 0 saturated carbocycles. The molecule has 33 heavy (non-hydrogen) atoms. The second-order valence-electron chi connectivity index (χ2n) is 7.85. The minimum Gasteiger partial charge on any atom is -0.492 e. The monoisotopic (exact) mass is 488 g/mol. The number of aromatic amines is 1. The van der Waals surface area contributed by atoms with Gasteiger partial charge >= 0.3 is 0 Å². The third-order valence-electron chi connectivity index (χ3n) is 5.47. The lowest BCUT2D eigenvalue weighted by molar-refractivity contribution is -0.113. The Kier molecular flexibility index (Phi) is 7.26. The van der Waals surface area contributed by atoms with E-state index in [9.17, 15) is 13.2 Å². The van der Waals surface area contributed by atoms with Crippen molar-refractivity contribution in [3.8, 4) is 5.75 Å². The lowest BCUT2D eigenvalue weighted by Crippen LogP contribution is -2.28. The second kappa shape index (κ2) is 10.1. The van der Waals surface area contributed by atoms with E-state index in [4.69, 9.17) is 4.74 Å². The highest BCUT2D eigenvalue weighted by Gasteiger charge is 2.30. The van der Waals surface area contributed by atoms with Crippen LogP contribution in [0, 0.1) is 0 Å². The Morgan fingerprint density at radius 1 is 1.24 bits per heavy atom. The summed E-state index contributed by atoms with van der Waals surface area (Å²) >= 11 is 1.46. The standard InChI is InChI=1S/C23H28N4O4S2/c1-3-31-20-11-10-17(14-21(20)33(29,30)27-12-6-7-13-27)24-22(28)15-32-16(2)23-25-18-8-4-5-9-19(18)26-23/h4-5,8-11,14,16H,3,6-7,12-13,15H2,1-2H3,(H,24,28)(H,25,26). The molecular formula is C23H28N4O4S2. The van der Waals surface area contributed by atoms with Gasteiger partial charge in [-0.1, -0.05) is 12.1 Å². The van der Waals surface area contributed by atoms with Crippen molar-refractivity contribution in [3.63, 3.8) is 0 Å². The molecule has 1 aliphatic rings. The van der Waals surface area contributed by atoms with Gasteiger partial charge in [0.1, 0.15) is 16.5 Å². The van der Waals surface area contributed by atoms with Crippen LogP contribution in [-0.2, 0) is 14.8 Å². The normalized spacial score (nSPS) is 15.6. The maximum Gasteiger partial charge on any atom is 0.246 e. The number of thioether (sulfide) groups is 1. The van der Waals surface area contributed by atoms with E-state index < -0.39 is 10.0 Å². The highest BCUT2D eigenvalue weighted by Crippen LogP contribution is 2.32. The number of amides is 1. The van der Waals surface area contributed by atoms with Gasteiger partial charge in [0, 0.05) is 18.8 Å². The van der Waals surface area contributed by atoms with Gasteiger partial charge in [-0.15, -0.1) is 11.8 Å². The number of imidazole rings is 1. The van der Waals surface area contributed by atoms with Crippen LogP contribution in [0.4, 0.5) is 5.69 Å². The topological polar surface area (TPSA) is 104 Å². The summed E-state index contributed by atoms with van der Waals surface area (Å²) in [7, 11) is -3.69. The summed E-state index contributed by atoms with van der Waals surface area (Å²) in [6, 6.07) is 12.6. The van der Waals surface area contributed by atoms with Gasteiger partial charge in [-0.3, -0.25) is 4.79 Å². The summed E-state index contributed by atoms with van der Waals surface area (Å²) in [5.74, 6) is 1.11. The summed E-state index contributed by atoms with van der Waals surface area (Å²) < 4.78 is 33.3. The van der Waals surface area contributed by atoms with Gasteiger partial charge in [0.25, 0.3) is 0 Å². The summed E-state index contributed by atoms with van der Waals surface area (Å²) in [4.78, 5) is 20.6. The first-order chi connectivity index (χ1) is 15.9. The third kappa shape index (κ3) is 5.34. The molecule has 2 aromatic carbocycles. The quantitative estimate of drug-likeness (QED) is 0.468. The number of nitrogens with one attached hydrogen (secondary N) is 2. The number of sulfonamides is 1. The number of aromatic nitrogens is 2. The zero-order chi connectivity index (χ0) is 23.4. The average molecular weight is 489 g/mol. The predicted molar refractivity (Wildman–Crippen MR) is 131 cm³/mol. The van der Waals surface area contributed by atoms with Crippen molar-refractivity contribution >= 4 is 44.4 Å². The molecule has 2 heterocycles. The van der Waals surface area contributed by atoms with E-state index in [-0.39, 0.29) is 21.8 Å². The number of ether oxygens (including phenoxy) is 1. The van der Waals surface area contributed by atoms with Gasteiger partial charge in [-0.2, -0.15) is 4.31 Å². The molecule has 10 heteroatoms. The van der Waals surface area contributed by atoms with Crippen LogP contribution >= 0.6 is 11.8 Å². The van der Waals surface area contributed by atoms with Crippen LogP contribution in [0.1, 0.15) is 37.8 Å². The number of carbonyl (C=O) groups is 1. The SMILES string of the molecule is CCOc1ccc(NC(=O)CSC(C)c2nc3ccccc3[nH]2)cc1S(=O)(=O)N1CCCC1.